The zero-order chi connectivity index (χ0) is 19.1. The minimum absolute atomic E-state index is 0.335. The number of fused-ring (bicyclic) bond motifs is 1. The fourth-order valence-corrected chi connectivity index (χ4v) is 4.01. The molecule has 0 spiro atoms. The van der Waals surface area contributed by atoms with Crippen LogP contribution in [0.5, 0.6) is 0 Å². The second-order valence-electron chi connectivity index (χ2n) is 6.67. The van der Waals surface area contributed by atoms with Crippen molar-refractivity contribution in [2.24, 2.45) is 4.99 Å². The Hall–Kier alpha value is -2.41. The molecule has 0 amide bonds. The van der Waals surface area contributed by atoms with Crippen LogP contribution in [0.25, 0.3) is 5.65 Å². The van der Waals surface area contributed by atoms with Crippen molar-refractivity contribution in [3.8, 4) is 0 Å². The number of aliphatic imine (C=N–C) groups is 1. The average molecular weight is 385 g/mol. The SMILES string of the molecule is CCNC(=NCCCc1nnc2ccccn12)NC(C)Cc1ccc(C)s1. The Bertz CT molecular complexity index is 881. The van der Waals surface area contributed by atoms with Gasteiger partial charge in [-0.1, -0.05) is 6.07 Å². The first-order valence-electron chi connectivity index (χ1n) is 9.54. The molecule has 7 heteroatoms. The van der Waals surface area contributed by atoms with Crippen molar-refractivity contribution in [2.45, 2.75) is 46.1 Å². The highest BCUT2D eigenvalue weighted by Gasteiger charge is 2.08. The molecule has 1 atom stereocenters. The highest BCUT2D eigenvalue weighted by atomic mass is 32.1. The van der Waals surface area contributed by atoms with Gasteiger partial charge < -0.3 is 10.6 Å². The van der Waals surface area contributed by atoms with Crippen LogP contribution < -0.4 is 10.6 Å². The lowest BCUT2D eigenvalue weighted by atomic mass is 10.2. The monoisotopic (exact) mass is 384 g/mol. The molecule has 3 aromatic heterocycles. The van der Waals surface area contributed by atoms with Crippen molar-refractivity contribution in [3.05, 3.63) is 52.1 Å². The third kappa shape index (κ3) is 5.53. The van der Waals surface area contributed by atoms with Gasteiger partial charge in [0.25, 0.3) is 0 Å². The maximum atomic E-state index is 4.72. The van der Waals surface area contributed by atoms with E-state index < -0.39 is 0 Å². The van der Waals surface area contributed by atoms with Gasteiger partial charge in [-0.2, -0.15) is 0 Å². The molecule has 0 saturated carbocycles. The summed E-state index contributed by atoms with van der Waals surface area (Å²) < 4.78 is 2.04. The van der Waals surface area contributed by atoms with Crippen LogP contribution in [0.1, 0.15) is 35.8 Å². The van der Waals surface area contributed by atoms with Gasteiger partial charge >= 0.3 is 0 Å². The summed E-state index contributed by atoms with van der Waals surface area (Å²) in [4.78, 5) is 7.48. The number of rotatable bonds is 8. The van der Waals surface area contributed by atoms with Crippen molar-refractivity contribution >= 4 is 22.9 Å². The maximum absolute atomic E-state index is 4.72. The van der Waals surface area contributed by atoms with Crippen molar-refractivity contribution in [3.63, 3.8) is 0 Å². The van der Waals surface area contributed by atoms with Crippen LogP contribution in [-0.2, 0) is 12.8 Å². The molecule has 27 heavy (non-hydrogen) atoms. The van der Waals surface area contributed by atoms with Crippen LogP contribution in [-0.4, -0.2) is 39.7 Å². The summed E-state index contributed by atoms with van der Waals surface area (Å²) in [6.45, 7) is 8.04. The van der Waals surface area contributed by atoms with Crippen LogP contribution in [0, 0.1) is 6.92 Å². The Morgan fingerprint density at radius 2 is 2.15 bits per heavy atom. The third-order valence-electron chi connectivity index (χ3n) is 4.24. The summed E-state index contributed by atoms with van der Waals surface area (Å²) in [5.74, 6) is 1.87. The van der Waals surface area contributed by atoms with E-state index in [0.29, 0.717) is 6.04 Å². The predicted octanol–water partition coefficient (Wildman–Crippen LogP) is 3.22. The Balaban J connectivity index is 1.50. The Labute approximate surface area is 164 Å². The van der Waals surface area contributed by atoms with Gasteiger partial charge in [-0.25, -0.2) is 0 Å². The highest BCUT2D eigenvalue weighted by molar-refractivity contribution is 7.11. The second-order valence-corrected chi connectivity index (χ2v) is 8.04. The molecule has 3 heterocycles. The van der Waals surface area contributed by atoms with E-state index in [2.05, 4.69) is 53.7 Å². The first kappa shape index (κ1) is 19.4. The minimum Gasteiger partial charge on any atom is -0.357 e. The first-order chi connectivity index (χ1) is 13.2. The van der Waals surface area contributed by atoms with E-state index in [-0.39, 0.29) is 0 Å². The summed E-state index contributed by atoms with van der Waals surface area (Å²) in [6, 6.07) is 10.7. The summed E-state index contributed by atoms with van der Waals surface area (Å²) in [5.41, 5.74) is 0.892. The topological polar surface area (TPSA) is 66.6 Å². The summed E-state index contributed by atoms with van der Waals surface area (Å²) in [6.07, 6.45) is 4.81. The van der Waals surface area contributed by atoms with Crippen LogP contribution in [0.2, 0.25) is 0 Å². The molecule has 0 radical (unpaired) electrons. The van der Waals surface area contributed by atoms with Crippen LogP contribution in [0.4, 0.5) is 0 Å². The van der Waals surface area contributed by atoms with Crippen molar-refractivity contribution in [2.75, 3.05) is 13.1 Å². The van der Waals surface area contributed by atoms with Gasteiger partial charge in [-0.05, 0) is 51.5 Å². The quantitative estimate of drug-likeness (QED) is 0.355. The molecular formula is C20H28N6S. The molecule has 0 fully saturated rings. The van der Waals surface area contributed by atoms with E-state index in [1.54, 1.807) is 0 Å². The zero-order valence-electron chi connectivity index (χ0n) is 16.3. The van der Waals surface area contributed by atoms with Crippen molar-refractivity contribution < 1.29 is 0 Å². The molecule has 0 aromatic carbocycles. The van der Waals surface area contributed by atoms with Gasteiger partial charge in [0.2, 0.25) is 0 Å². The number of hydrogen-bond acceptors (Lipinski definition) is 4. The fourth-order valence-electron chi connectivity index (χ4n) is 2.99. The van der Waals surface area contributed by atoms with E-state index in [0.717, 1.165) is 49.8 Å². The Morgan fingerprint density at radius 1 is 1.26 bits per heavy atom. The molecule has 0 bridgehead atoms. The van der Waals surface area contributed by atoms with Gasteiger partial charge in [0, 0.05) is 47.9 Å². The van der Waals surface area contributed by atoms with Crippen molar-refractivity contribution in [1.82, 2.24) is 25.2 Å². The summed E-state index contributed by atoms with van der Waals surface area (Å²) in [5, 5.41) is 15.3. The van der Waals surface area contributed by atoms with Gasteiger partial charge in [-0.15, -0.1) is 21.5 Å². The molecular weight excluding hydrogens is 356 g/mol. The number of aryl methyl sites for hydroxylation is 2. The molecule has 0 aliphatic heterocycles. The van der Waals surface area contributed by atoms with Crippen LogP contribution in [0.15, 0.2) is 41.5 Å². The van der Waals surface area contributed by atoms with Gasteiger partial charge in [0.05, 0.1) is 0 Å². The molecule has 2 N–H and O–H groups in total. The summed E-state index contributed by atoms with van der Waals surface area (Å²) in [7, 11) is 0. The van der Waals surface area contributed by atoms with Crippen molar-refractivity contribution in [1.29, 1.82) is 0 Å². The smallest absolute Gasteiger partial charge is 0.191 e. The lowest BCUT2D eigenvalue weighted by molar-refractivity contribution is 0.643. The lowest BCUT2D eigenvalue weighted by Gasteiger charge is -2.17. The lowest BCUT2D eigenvalue weighted by Crippen LogP contribution is -2.43. The molecule has 1 unspecified atom stereocenters. The number of guanidine groups is 1. The van der Waals surface area contributed by atoms with Gasteiger partial charge in [-0.3, -0.25) is 9.39 Å². The second kappa shape index (κ2) is 9.50. The molecule has 0 saturated heterocycles. The molecule has 0 aliphatic rings. The van der Waals surface area contributed by atoms with E-state index in [4.69, 9.17) is 4.99 Å². The molecule has 3 aromatic rings. The number of hydrogen-bond donors (Lipinski definition) is 2. The average Bonchev–Trinajstić information content (AvgIpc) is 3.25. The number of nitrogens with zero attached hydrogens (tertiary/aromatic N) is 4. The third-order valence-corrected chi connectivity index (χ3v) is 5.27. The minimum atomic E-state index is 0.335. The number of nitrogens with one attached hydrogen (secondary N) is 2. The van der Waals surface area contributed by atoms with E-state index in [1.165, 1.54) is 9.75 Å². The maximum Gasteiger partial charge on any atom is 0.191 e. The van der Waals surface area contributed by atoms with E-state index in [1.807, 2.05) is 40.1 Å². The molecule has 6 nitrogen and oxygen atoms in total. The van der Waals surface area contributed by atoms with Gasteiger partial charge in [0.15, 0.2) is 11.6 Å². The van der Waals surface area contributed by atoms with Crippen LogP contribution >= 0.6 is 11.3 Å². The standard InChI is InChI=1S/C20H28N6S/c1-4-21-20(23-15(2)14-17-11-10-16(3)27-17)22-12-7-9-19-25-24-18-8-5-6-13-26(18)19/h5-6,8,10-11,13,15H,4,7,9,12,14H2,1-3H3,(H2,21,22,23). The summed E-state index contributed by atoms with van der Waals surface area (Å²) >= 11 is 1.86. The van der Waals surface area contributed by atoms with Crippen LogP contribution in [0.3, 0.4) is 0 Å². The fraction of sp³-hybridized carbons (Fsp3) is 0.450. The molecule has 0 aliphatic carbocycles. The van der Waals surface area contributed by atoms with E-state index >= 15 is 0 Å². The highest BCUT2D eigenvalue weighted by Crippen LogP contribution is 2.16. The Morgan fingerprint density at radius 3 is 2.93 bits per heavy atom. The normalized spacial score (nSPS) is 13.1. The first-order valence-corrected chi connectivity index (χ1v) is 10.4. The van der Waals surface area contributed by atoms with E-state index in [9.17, 15) is 0 Å². The van der Waals surface area contributed by atoms with Gasteiger partial charge in [0.1, 0.15) is 5.82 Å². The number of aromatic nitrogens is 3. The predicted molar refractivity (Wildman–Crippen MR) is 113 cm³/mol. The Kier molecular flexibility index (Phi) is 6.81. The zero-order valence-corrected chi connectivity index (χ0v) is 17.1. The number of thiophene rings is 1. The largest absolute Gasteiger partial charge is 0.357 e. The molecule has 3 rings (SSSR count). The molecule has 144 valence electrons. The number of pyridine rings is 1.